The van der Waals surface area contributed by atoms with Gasteiger partial charge in [0, 0.05) is 11.4 Å². The van der Waals surface area contributed by atoms with Gasteiger partial charge in [-0.3, -0.25) is 0 Å². The van der Waals surface area contributed by atoms with Gasteiger partial charge in [0.1, 0.15) is 13.2 Å². The molecule has 0 fully saturated rings. The van der Waals surface area contributed by atoms with E-state index in [0.717, 1.165) is 0 Å². The molecule has 6 heteroatoms. The van der Waals surface area contributed by atoms with Gasteiger partial charge in [-0.05, 0) is 20.3 Å². The van der Waals surface area contributed by atoms with Crippen molar-refractivity contribution in [3.63, 3.8) is 0 Å². The number of ether oxygens (including phenoxy) is 2. The quantitative estimate of drug-likeness (QED) is 0.735. The second kappa shape index (κ2) is 7.79. The Bertz CT molecular complexity index is 385. The summed E-state index contributed by atoms with van der Waals surface area (Å²) in [6.45, 7) is 3.56. The number of carbonyl (C=O) groups is 2. The van der Waals surface area contributed by atoms with Crippen LogP contribution in [0.1, 0.15) is 44.6 Å². The molecule has 0 rings (SSSR count). The lowest BCUT2D eigenvalue weighted by Gasteiger charge is -2.27. The number of amides is 2. The number of carbonyl (C=O) groups excluding carboxylic acids is 2. The Morgan fingerprint density at radius 3 is 2.56 bits per heavy atom. The fraction of sp³-hybridized carbons (Fsp3) is 0.833. The van der Waals surface area contributed by atoms with Crippen LogP contribution in [0, 0.1) is 5.41 Å². The van der Waals surface area contributed by atoms with Crippen LogP contribution in [0.15, 0.2) is 0 Å². The molecule has 0 heterocycles. The summed E-state index contributed by atoms with van der Waals surface area (Å²) in [5.74, 6) is 0. The molecule has 1 atom stereocenters. The molecule has 6 nitrogen and oxygen atoms in total. The molecule has 0 radical (unpaired) electrons. The minimum absolute atomic E-state index is 0.310. The molecule has 18 heavy (non-hydrogen) atoms. The Hall–Kier alpha value is -1.46. The number of nitrogens with one attached hydrogen (secondary N) is 1. The van der Waals surface area contributed by atoms with Gasteiger partial charge in [-0.25, -0.2) is 9.59 Å². The van der Waals surface area contributed by atoms with Crippen molar-refractivity contribution in [1.29, 1.82) is 0 Å². The second-order valence-corrected chi connectivity index (χ2v) is 4.53. The average Bonchev–Trinajstić information content (AvgIpc) is 2.22. The lowest BCUT2D eigenvalue weighted by molar-refractivity contribution is 0.0333. The van der Waals surface area contributed by atoms with Gasteiger partial charge in [0.2, 0.25) is 0 Å². The molecule has 0 aliphatic rings. The fourth-order valence-electron chi connectivity index (χ4n) is 1.34. The third-order valence-electron chi connectivity index (χ3n) is 2.07. The highest BCUT2D eigenvalue weighted by atomic mass is 16.6. The van der Waals surface area contributed by atoms with E-state index in [4.69, 9.17) is 14.6 Å². The Morgan fingerprint density at radius 1 is 1.50 bits per heavy atom. The maximum absolute atomic E-state index is 11.6. The van der Waals surface area contributed by atoms with Crippen molar-refractivity contribution in [3.8, 4) is 0 Å². The van der Waals surface area contributed by atoms with Crippen LogP contribution in [0.5, 0.6) is 0 Å². The highest BCUT2D eigenvalue weighted by Gasteiger charge is 2.27. The Kier molecular flexibility index (Phi) is 5.03. The molecule has 106 valence electrons. The molecule has 0 aliphatic heterocycles. The van der Waals surface area contributed by atoms with Crippen LogP contribution in [0.3, 0.4) is 0 Å². The molecule has 1 unspecified atom stereocenters. The van der Waals surface area contributed by atoms with E-state index in [1.165, 1.54) is 20.8 Å². The number of nitrogens with two attached hydrogens (primary N) is 1. The molecule has 0 saturated carbocycles. The van der Waals surface area contributed by atoms with Gasteiger partial charge in [0.05, 0.1) is 4.11 Å². The largest absolute Gasteiger partial charge is 0.449 e. The van der Waals surface area contributed by atoms with E-state index in [0.29, 0.717) is 12.8 Å². The summed E-state index contributed by atoms with van der Waals surface area (Å²) >= 11 is 0. The zero-order chi connectivity index (χ0) is 16.9. The first-order valence-corrected chi connectivity index (χ1v) is 5.76. The van der Waals surface area contributed by atoms with Gasteiger partial charge in [-0.15, -0.1) is 0 Å². The lowest BCUT2D eigenvalue weighted by atomic mass is 9.87. The van der Waals surface area contributed by atoms with Gasteiger partial charge in [0.25, 0.3) is 0 Å². The summed E-state index contributed by atoms with van der Waals surface area (Å²) in [5, 5.41) is 2.28. The summed E-state index contributed by atoms with van der Waals surface area (Å²) in [5.41, 5.74) is 3.61. The smallest absolute Gasteiger partial charge is 0.407 e. The third-order valence-corrected chi connectivity index (χ3v) is 2.07. The highest BCUT2D eigenvalue weighted by molar-refractivity contribution is 5.67. The van der Waals surface area contributed by atoms with E-state index >= 15 is 0 Å². The second-order valence-electron chi connectivity index (χ2n) is 4.53. The molecular weight excluding hydrogens is 236 g/mol. The lowest BCUT2D eigenvalue weighted by Crippen LogP contribution is -2.37. The minimum atomic E-state index is -2.38. The Balaban J connectivity index is 4.89. The number of alkyl carbamates (subject to hydrolysis) is 1. The van der Waals surface area contributed by atoms with E-state index < -0.39 is 30.2 Å². The predicted molar refractivity (Wildman–Crippen MR) is 68.2 cm³/mol. The molecule has 2 amide bonds. The molecule has 0 saturated heterocycles. The molecule has 0 aromatic carbocycles. The Labute approximate surface area is 112 Å². The average molecular weight is 263 g/mol. The molecule has 3 N–H and O–H groups in total. The van der Waals surface area contributed by atoms with Crippen LogP contribution >= 0.6 is 0 Å². The van der Waals surface area contributed by atoms with Crippen molar-refractivity contribution in [2.24, 2.45) is 11.1 Å². The fourth-order valence-corrected chi connectivity index (χ4v) is 1.34. The van der Waals surface area contributed by atoms with E-state index in [1.807, 2.05) is 6.92 Å². The Morgan fingerprint density at radius 2 is 2.11 bits per heavy atom. The van der Waals surface area contributed by atoms with Gasteiger partial charge in [-0.2, -0.15) is 0 Å². The first-order chi connectivity index (χ1) is 9.33. The van der Waals surface area contributed by atoms with Crippen LogP contribution in [0.4, 0.5) is 9.59 Å². The van der Waals surface area contributed by atoms with Gasteiger partial charge in [-0.1, -0.05) is 20.3 Å². The van der Waals surface area contributed by atoms with Crippen molar-refractivity contribution in [2.75, 3.05) is 13.2 Å². The van der Waals surface area contributed by atoms with E-state index in [-0.39, 0.29) is 6.61 Å². The van der Waals surface area contributed by atoms with E-state index in [9.17, 15) is 9.59 Å². The van der Waals surface area contributed by atoms with Crippen LogP contribution in [-0.2, 0) is 9.47 Å². The zero-order valence-corrected chi connectivity index (χ0v) is 11.3. The van der Waals surface area contributed by atoms with E-state index in [1.54, 1.807) is 0 Å². The molecule has 0 spiro atoms. The van der Waals surface area contributed by atoms with Crippen molar-refractivity contribution in [2.45, 2.75) is 46.6 Å². The van der Waals surface area contributed by atoms with Crippen molar-refractivity contribution >= 4 is 12.2 Å². The van der Waals surface area contributed by atoms with Crippen molar-refractivity contribution in [3.05, 3.63) is 0 Å². The summed E-state index contributed by atoms with van der Waals surface area (Å²) in [4.78, 5) is 22.4. The molecular formula is C12H24N2O4. The summed E-state index contributed by atoms with van der Waals surface area (Å²) in [6, 6.07) is -1.21. The SMILES string of the molecule is [2H]C(C)(C)NC(=O)OCC(C)(CCC)C([2H])([2H])OC(N)=O. The van der Waals surface area contributed by atoms with Crippen molar-refractivity contribution in [1.82, 2.24) is 5.32 Å². The molecule has 0 aliphatic carbocycles. The number of primary amides is 1. The van der Waals surface area contributed by atoms with Crippen LogP contribution in [-0.4, -0.2) is 31.4 Å². The van der Waals surface area contributed by atoms with Crippen molar-refractivity contribution < 1.29 is 23.2 Å². The third kappa shape index (κ3) is 7.76. The van der Waals surface area contributed by atoms with Crippen LogP contribution in [0.25, 0.3) is 0 Å². The number of hydrogen-bond acceptors (Lipinski definition) is 4. The topological polar surface area (TPSA) is 90.7 Å². The highest BCUT2D eigenvalue weighted by Crippen LogP contribution is 2.24. The summed E-state index contributed by atoms with van der Waals surface area (Å²) < 4.78 is 32.7. The predicted octanol–water partition coefficient (Wildman–Crippen LogP) is 2.02. The zero-order valence-electron chi connectivity index (χ0n) is 14.3. The minimum Gasteiger partial charge on any atom is -0.449 e. The summed E-state index contributed by atoms with van der Waals surface area (Å²) in [7, 11) is 0. The molecule has 0 bridgehead atoms. The summed E-state index contributed by atoms with van der Waals surface area (Å²) in [6.07, 6.45) is -1.18. The van der Waals surface area contributed by atoms with Gasteiger partial charge < -0.3 is 20.5 Å². The molecule has 0 aromatic heterocycles. The van der Waals surface area contributed by atoms with Gasteiger partial charge >= 0.3 is 12.2 Å². The van der Waals surface area contributed by atoms with E-state index in [2.05, 4.69) is 10.1 Å². The van der Waals surface area contributed by atoms with Gasteiger partial charge in [0.15, 0.2) is 0 Å². The first-order valence-electron chi connectivity index (χ1n) is 7.26. The van der Waals surface area contributed by atoms with Crippen LogP contribution in [0.2, 0.25) is 0 Å². The maximum atomic E-state index is 11.6. The number of rotatable bonds is 7. The standard InChI is InChI=1S/C12H24N2O4/c1-5-6-12(4,7-17-10(13)15)8-18-11(16)14-9(2)3/h9H,5-8H2,1-4H3,(H2,13,15)(H,14,16)/i7D2,9D. The molecule has 0 aromatic rings. The first kappa shape index (κ1) is 11.6. The monoisotopic (exact) mass is 263 g/mol. The van der Waals surface area contributed by atoms with Crippen LogP contribution < -0.4 is 11.1 Å². The maximum Gasteiger partial charge on any atom is 0.407 e. The number of hydrogen-bond donors (Lipinski definition) is 2. The normalized spacial score (nSPS) is 17.7.